The molecule has 1 aliphatic carbocycles. The number of nitrogens with zero attached hydrogens (tertiary/aromatic N) is 2. The number of carbonyl (C=O) groups excluding carboxylic acids is 4. The molecule has 184 valence electrons. The van der Waals surface area contributed by atoms with E-state index in [1.807, 2.05) is 0 Å². The minimum atomic E-state index is -0.867. The number of hydrogen-bond acceptors (Lipinski definition) is 6. The Bertz CT molecular complexity index is 1090. The molecule has 2 aromatic rings. The van der Waals surface area contributed by atoms with E-state index in [9.17, 15) is 19.2 Å². The van der Waals surface area contributed by atoms with Gasteiger partial charge in [-0.15, -0.1) is 0 Å². The second kappa shape index (κ2) is 10.7. The molecule has 0 bridgehead atoms. The fraction of sp³-hybridized carbons (Fsp3) is 0.407. The van der Waals surface area contributed by atoms with Crippen molar-refractivity contribution in [1.29, 1.82) is 0 Å². The first kappa shape index (κ1) is 24.4. The van der Waals surface area contributed by atoms with Gasteiger partial charge in [0.25, 0.3) is 11.8 Å². The minimum absolute atomic E-state index is 0.0665. The third-order valence-electron chi connectivity index (χ3n) is 6.60. The minimum Gasteiger partial charge on any atom is -0.497 e. The molecular weight excluding hydrogens is 448 g/mol. The third kappa shape index (κ3) is 5.37. The number of amides is 3. The van der Waals surface area contributed by atoms with Gasteiger partial charge in [0, 0.05) is 18.5 Å². The van der Waals surface area contributed by atoms with E-state index < -0.39 is 17.9 Å². The highest BCUT2D eigenvalue weighted by Crippen LogP contribution is 2.32. The molecule has 1 heterocycles. The fourth-order valence-corrected chi connectivity index (χ4v) is 4.91. The molecule has 1 atom stereocenters. The van der Waals surface area contributed by atoms with Crippen molar-refractivity contribution >= 4 is 29.4 Å². The van der Waals surface area contributed by atoms with E-state index in [0.717, 1.165) is 43.4 Å². The lowest BCUT2D eigenvalue weighted by atomic mass is 10.0. The predicted octanol–water partition coefficient (Wildman–Crippen LogP) is 4.12. The van der Waals surface area contributed by atoms with Crippen molar-refractivity contribution in [2.24, 2.45) is 0 Å². The van der Waals surface area contributed by atoms with Gasteiger partial charge in [-0.1, -0.05) is 25.7 Å². The van der Waals surface area contributed by atoms with Crippen LogP contribution >= 0.6 is 0 Å². The highest BCUT2D eigenvalue weighted by Gasteiger charge is 2.46. The number of esters is 1. The van der Waals surface area contributed by atoms with Gasteiger partial charge in [0.2, 0.25) is 5.91 Å². The lowest BCUT2D eigenvalue weighted by molar-refractivity contribution is -0.132. The van der Waals surface area contributed by atoms with Gasteiger partial charge in [-0.05, 0) is 61.4 Å². The summed E-state index contributed by atoms with van der Waals surface area (Å²) in [4.78, 5) is 54.3. The molecule has 0 aromatic heterocycles. The number of methoxy groups -OCH3 is 1. The van der Waals surface area contributed by atoms with Crippen LogP contribution in [0, 0.1) is 0 Å². The van der Waals surface area contributed by atoms with E-state index >= 15 is 0 Å². The average Bonchev–Trinajstić information content (AvgIpc) is 3.01. The van der Waals surface area contributed by atoms with E-state index in [4.69, 9.17) is 9.47 Å². The molecular formula is C27H30N2O6. The van der Waals surface area contributed by atoms with Gasteiger partial charge in [-0.2, -0.15) is 0 Å². The normalized spacial score (nSPS) is 18.8. The van der Waals surface area contributed by atoms with Crippen LogP contribution in [0.2, 0.25) is 0 Å². The Hall–Kier alpha value is -3.68. The van der Waals surface area contributed by atoms with Gasteiger partial charge in [0.05, 0.1) is 19.2 Å². The lowest BCUT2D eigenvalue weighted by Gasteiger charge is -2.35. The third-order valence-corrected chi connectivity index (χ3v) is 6.60. The molecule has 35 heavy (non-hydrogen) atoms. The Balaban J connectivity index is 1.63. The van der Waals surface area contributed by atoms with Crippen LogP contribution in [-0.4, -0.2) is 47.8 Å². The van der Waals surface area contributed by atoms with E-state index in [2.05, 4.69) is 0 Å². The van der Waals surface area contributed by atoms with Crippen LogP contribution in [0.1, 0.15) is 62.2 Å². The van der Waals surface area contributed by atoms with Crippen molar-refractivity contribution < 1.29 is 28.7 Å². The first-order valence-electron chi connectivity index (χ1n) is 12.0. The standard InChI is InChI=1S/C27H30N2O6/c1-18(30)35-23-15-11-21(12-16-23)29-25(31)17-24(27(29)33)28(20-7-5-3-4-6-8-20)26(32)19-9-13-22(34-2)14-10-19/h9-16,20,24H,3-8,17H2,1-2H3. The molecule has 0 spiro atoms. The first-order valence-corrected chi connectivity index (χ1v) is 12.0. The molecule has 1 unspecified atom stereocenters. The molecule has 4 rings (SSSR count). The van der Waals surface area contributed by atoms with E-state index in [1.54, 1.807) is 48.4 Å². The monoisotopic (exact) mass is 478 g/mol. The summed E-state index contributed by atoms with van der Waals surface area (Å²) in [5, 5.41) is 0. The number of rotatable bonds is 6. The van der Waals surface area contributed by atoms with Crippen molar-refractivity contribution in [3.05, 3.63) is 54.1 Å². The highest BCUT2D eigenvalue weighted by molar-refractivity contribution is 6.23. The number of hydrogen-bond donors (Lipinski definition) is 0. The highest BCUT2D eigenvalue weighted by atomic mass is 16.5. The number of imide groups is 1. The Kier molecular flexibility index (Phi) is 7.48. The Morgan fingerprint density at radius 3 is 2.06 bits per heavy atom. The maximum absolute atomic E-state index is 13.7. The van der Waals surface area contributed by atoms with Crippen LogP contribution in [0.25, 0.3) is 0 Å². The zero-order valence-electron chi connectivity index (χ0n) is 20.1. The van der Waals surface area contributed by atoms with E-state index in [0.29, 0.717) is 22.7 Å². The van der Waals surface area contributed by atoms with Crippen LogP contribution < -0.4 is 14.4 Å². The maximum atomic E-state index is 13.7. The van der Waals surface area contributed by atoms with Crippen LogP contribution in [-0.2, 0) is 14.4 Å². The molecule has 8 heteroatoms. The summed E-state index contributed by atoms with van der Waals surface area (Å²) >= 11 is 0. The molecule has 0 radical (unpaired) electrons. The molecule has 2 aromatic carbocycles. The maximum Gasteiger partial charge on any atom is 0.308 e. The summed E-state index contributed by atoms with van der Waals surface area (Å²) in [5.41, 5.74) is 0.843. The number of carbonyl (C=O) groups is 4. The topological polar surface area (TPSA) is 93.2 Å². The molecule has 2 aliphatic rings. The molecule has 1 saturated heterocycles. The van der Waals surface area contributed by atoms with E-state index in [-0.39, 0.29) is 24.3 Å². The second-order valence-electron chi connectivity index (χ2n) is 8.96. The largest absolute Gasteiger partial charge is 0.497 e. The zero-order chi connectivity index (χ0) is 24.9. The second-order valence-corrected chi connectivity index (χ2v) is 8.96. The summed E-state index contributed by atoms with van der Waals surface area (Å²) in [7, 11) is 1.56. The van der Waals surface area contributed by atoms with Gasteiger partial charge in [-0.3, -0.25) is 19.2 Å². The molecule has 0 N–H and O–H groups in total. The molecule has 2 fully saturated rings. The molecule has 1 aliphatic heterocycles. The van der Waals surface area contributed by atoms with Crippen molar-refractivity contribution in [3.63, 3.8) is 0 Å². The summed E-state index contributed by atoms with van der Waals surface area (Å²) in [6, 6.07) is 12.1. The van der Waals surface area contributed by atoms with Gasteiger partial charge < -0.3 is 14.4 Å². The lowest BCUT2D eigenvalue weighted by Crippen LogP contribution is -2.50. The first-order chi connectivity index (χ1) is 16.9. The van der Waals surface area contributed by atoms with Crippen molar-refractivity contribution in [2.75, 3.05) is 12.0 Å². The van der Waals surface area contributed by atoms with Crippen molar-refractivity contribution in [3.8, 4) is 11.5 Å². The summed E-state index contributed by atoms with van der Waals surface area (Å²) in [6.45, 7) is 1.30. The molecule has 3 amide bonds. The average molecular weight is 479 g/mol. The van der Waals surface area contributed by atoms with Crippen LogP contribution in [0.5, 0.6) is 11.5 Å². The van der Waals surface area contributed by atoms with Crippen molar-refractivity contribution in [2.45, 2.75) is 64.0 Å². The Morgan fingerprint density at radius 1 is 0.886 bits per heavy atom. The van der Waals surface area contributed by atoms with Crippen LogP contribution in [0.4, 0.5) is 5.69 Å². The Morgan fingerprint density at radius 2 is 1.49 bits per heavy atom. The Labute approximate surface area is 204 Å². The molecule has 1 saturated carbocycles. The van der Waals surface area contributed by atoms with Gasteiger partial charge >= 0.3 is 5.97 Å². The number of anilines is 1. The van der Waals surface area contributed by atoms with E-state index in [1.165, 1.54) is 19.1 Å². The molecule has 8 nitrogen and oxygen atoms in total. The van der Waals surface area contributed by atoms with Crippen molar-refractivity contribution in [1.82, 2.24) is 4.90 Å². The van der Waals surface area contributed by atoms with Gasteiger partial charge in [0.15, 0.2) is 0 Å². The number of benzene rings is 2. The zero-order valence-corrected chi connectivity index (χ0v) is 20.1. The fourth-order valence-electron chi connectivity index (χ4n) is 4.91. The van der Waals surface area contributed by atoms with Gasteiger partial charge in [-0.25, -0.2) is 4.90 Å². The quantitative estimate of drug-likeness (QED) is 0.268. The van der Waals surface area contributed by atoms with Crippen LogP contribution in [0.3, 0.4) is 0 Å². The SMILES string of the molecule is COc1ccc(C(=O)N(C2CCCCCC2)C2CC(=O)N(c3ccc(OC(C)=O)cc3)C2=O)cc1. The van der Waals surface area contributed by atoms with Crippen LogP contribution in [0.15, 0.2) is 48.5 Å². The summed E-state index contributed by atoms with van der Waals surface area (Å²) in [6.07, 6.45) is 5.69. The smallest absolute Gasteiger partial charge is 0.308 e. The predicted molar refractivity (Wildman–Crippen MR) is 129 cm³/mol. The van der Waals surface area contributed by atoms with Gasteiger partial charge in [0.1, 0.15) is 17.5 Å². The summed E-state index contributed by atoms with van der Waals surface area (Å²) in [5.74, 6) is -0.521. The summed E-state index contributed by atoms with van der Waals surface area (Å²) < 4.78 is 10.3. The number of ether oxygens (including phenoxy) is 2.